The van der Waals surface area contributed by atoms with E-state index in [9.17, 15) is 13.5 Å². The van der Waals surface area contributed by atoms with Gasteiger partial charge in [-0.3, -0.25) is 0 Å². The first-order valence-electron chi connectivity index (χ1n) is 6.30. The van der Waals surface area contributed by atoms with Crippen molar-refractivity contribution in [3.8, 4) is 0 Å². The van der Waals surface area contributed by atoms with E-state index in [4.69, 9.17) is 4.42 Å². The predicted molar refractivity (Wildman–Crippen MR) is 76.0 cm³/mol. The Kier molecular flexibility index (Phi) is 3.45. The summed E-state index contributed by atoms with van der Waals surface area (Å²) >= 11 is 1.38. The molecule has 1 fully saturated rings. The Hall–Kier alpha value is -1.15. The van der Waals surface area contributed by atoms with Crippen LogP contribution >= 0.6 is 11.3 Å². The summed E-state index contributed by atoms with van der Waals surface area (Å²) in [7, 11) is -3.34. The summed E-state index contributed by atoms with van der Waals surface area (Å²) in [6, 6.07) is 5.24. The number of furan rings is 1. The number of sulfonamides is 1. The molecule has 0 unspecified atom stereocenters. The van der Waals surface area contributed by atoms with E-state index in [-0.39, 0.29) is 11.8 Å². The van der Waals surface area contributed by atoms with Crippen molar-refractivity contribution in [1.29, 1.82) is 0 Å². The summed E-state index contributed by atoms with van der Waals surface area (Å²) in [5, 5.41) is 12.5. The summed E-state index contributed by atoms with van der Waals surface area (Å²) in [5.41, 5.74) is -0.859. The lowest BCUT2D eigenvalue weighted by atomic mass is 9.95. The minimum atomic E-state index is -3.34. The lowest BCUT2D eigenvalue weighted by molar-refractivity contribution is 0.0891. The first-order valence-corrected chi connectivity index (χ1v) is 8.72. The van der Waals surface area contributed by atoms with E-state index < -0.39 is 15.6 Å². The normalized spacial score (nSPS) is 18.9. The fraction of sp³-hybridized carbons (Fsp3) is 0.385. The molecular weight excluding hydrogens is 298 g/mol. The Balaban J connectivity index is 1.87. The smallest absolute Gasteiger partial charge is 0.214 e. The summed E-state index contributed by atoms with van der Waals surface area (Å²) in [4.78, 5) is 0.678. The Morgan fingerprint density at radius 2 is 2.25 bits per heavy atom. The highest BCUT2D eigenvalue weighted by Gasteiger charge is 2.40. The fourth-order valence-electron chi connectivity index (χ4n) is 2.05. The van der Waals surface area contributed by atoms with Gasteiger partial charge in [0.05, 0.1) is 17.8 Å². The van der Waals surface area contributed by atoms with Gasteiger partial charge in [0.1, 0.15) is 5.60 Å². The molecule has 3 rings (SSSR count). The predicted octanol–water partition coefficient (Wildman–Crippen LogP) is 1.66. The van der Waals surface area contributed by atoms with Crippen molar-refractivity contribution in [2.75, 3.05) is 6.54 Å². The van der Waals surface area contributed by atoms with E-state index in [0.717, 1.165) is 0 Å². The Labute approximate surface area is 121 Å². The van der Waals surface area contributed by atoms with Gasteiger partial charge in [0.2, 0.25) is 10.0 Å². The molecule has 1 aliphatic rings. The van der Waals surface area contributed by atoms with Gasteiger partial charge < -0.3 is 9.52 Å². The molecule has 108 valence electrons. The summed E-state index contributed by atoms with van der Waals surface area (Å²) < 4.78 is 31.4. The number of rotatable bonds is 6. The lowest BCUT2D eigenvalue weighted by Crippen LogP contribution is -2.42. The van der Waals surface area contributed by atoms with E-state index in [2.05, 4.69) is 4.72 Å². The quantitative estimate of drug-likeness (QED) is 0.850. The van der Waals surface area contributed by atoms with Crippen LogP contribution in [-0.2, 0) is 15.6 Å². The molecule has 0 amide bonds. The van der Waals surface area contributed by atoms with E-state index in [0.29, 0.717) is 23.3 Å². The summed E-state index contributed by atoms with van der Waals surface area (Å²) in [6.45, 7) is -0.0914. The average Bonchev–Trinajstić information content (AvgIpc) is 2.96. The minimum absolute atomic E-state index is 0.0914. The van der Waals surface area contributed by atoms with Gasteiger partial charge in [0.15, 0.2) is 0 Å². The van der Waals surface area contributed by atoms with Crippen molar-refractivity contribution < 1.29 is 17.9 Å². The molecule has 2 heterocycles. The largest absolute Gasteiger partial charge is 0.472 e. The zero-order chi connectivity index (χ0) is 14.2. The second-order valence-corrected chi connectivity index (χ2v) is 7.91. The van der Waals surface area contributed by atoms with Crippen molar-refractivity contribution in [2.45, 2.75) is 23.7 Å². The molecule has 0 bridgehead atoms. The average molecular weight is 313 g/mol. The van der Waals surface area contributed by atoms with Crippen LogP contribution in [0.2, 0.25) is 0 Å². The fourth-order valence-corrected chi connectivity index (χ4v) is 4.29. The highest BCUT2D eigenvalue weighted by Crippen LogP contribution is 2.34. The van der Waals surface area contributed by atoms with Gasteiger partial charge in [0.25, 0.3) is 0 Å². The molecule has 1 aliphatic carbocycles. The van der Waals surface area contributed by atoms with Crippen LogP contribution in [0, 0.1) is 0 Å². The van der Waals surface area contributed by atoms with E-state index in [1.807, 2.05) is 11.4 Å². The maximum Gasteiger partial charge on any atom is 0.214 e. The molecular formula is C13H15NO4S2. The second kappa shape index (κ2) is 5.00. The van der Waals surface area contributed by atoms with Gasteiger partial charge in [-0.25, -0.2) is 13.1 Å². The van der Waals surface area contributed by atoms with Crippen LogP contribution in [0.3, 0.4) is 0 Å². The molecule has 7 heteroatoms. The molecule has 0 aromatic carbocycles. The SMILES string of the molecule is O=S(=O)(NC[C@](O)(c1ccoc1)c1cccs1)C1CC1. The monoisotopic (exact) mass is 313 g/mol. The van der Waals surface area contributed by atoms with Crippen molar-refractivity contribution >= 4 is 21.4 Å². The summed E-state index contributed by atoms with van der Waals surface area (Å²) in [6.07, 6.45) is 4.28. The van der Waals surface area contributed by atoms with E-state index in [1.54, 1.807) is 12.1 Å². The van der Waals surface area contributed by atoms with Crippen molar-refractivity contribution in [1.82, 2.24) is 4.72 Å². The van der Waals surface area contributed by atoms with Gasteiger partial charge in [-0.15, -0.1) is 11.3 Å². The molecule has 20 heavy (non-hydrogen) atoms. The van der Waals surface area contributed by atoms with Crippen LogP contribution < -0.4 is 4.72 Å². The highest BCUT2D eigenvalue weighted by atomic mass is 32.2. The molecule has 0 spiro atoms. The van der Waals surface area contributed by atoms with E-state index in [1.165, 1.54) is 23.9 Å². The van der Waals surface area contributed by atoms with Crippen LogP contribution in [0.25, 0.3) is 0 Å². The molecule has 5 nitrogen and oxygen atoms in total. The third-order valence-corrected chi connectivity index (χ3v) is 6.34. The molecule has 0 aliphatic heterocycles. The molecule has 2 aromatic rings. The zero-order valence-electron chi connectivity index (χ0n) is 10.7. The van der Waals surface area contributed by atoms with Crippen LogP contribution in [0.15, 0.2) is 40.5 Å². The van der Waals surface area contributed by atoms with Crippen LogP contribution in [0.4, 0.5) is 0 Å². The van der Waals surface area contributed by atoms with E-state index >= 15 is 0 Å². The second-order valence-electron chi connectivity index (χ2n) is 4.92. The Morgan fingerprint density at radius 1 is 1.45 bits per heavy atom. The third kappa shape index (κ3) is 2.54. The summed E-state index contributed by atoms with van der Waals surface area (Å²) in [5.74, 6) is 0. The molecule has 1 saturated carbocycles. The van der Waals surface area contributed by atoms with Crippen molar-refractivity contribution in [2.24, 2.45) is 0 Å². The van der Waals surface area contributed by atoms with Gasteiger partial charge in [-0.05, 0) is 30.4 Å². The molecule has 1 atom stereocenters. The van der Waals surface area contributed by atoms with Gasteiger partial charge >= 0.3 is 0 Å². The first kappa shape index (κ1) is 13.8. The number of nitrogens with one attached hydrogen (secondary N) is 1. The maximum atomic E-state index is 11.9. The van der Waals surface area contributed by atoms with Crippen LogP contribution in [0.5, 0.6) is 0 Å². The third-order valence-electron chi connectivity index (χ3n) is 3.42. The minimum Gasteiger partial charge on any atom is -0.472 e. The Morgan fingerprint density at radius 3 is 2.80 bits per heavy atom. The highest BCUT2D eigenvalue weighted by molar-refractivity contribution is 7.90. The van der Waals surface area contributed by atoms with Crippen molar-refractivity contribution in [3.05, 3.63) is 46.5 Å². The molecule has 2 aromatic heterocycles. The first-order chi connectivity index (χ1) is 9.52. The number of hydrogen-bond donors (Lipinski definition) is 2. The van der Waals surface area contributed by atoms with Gasteiger partial charge in [0, 0.05) is 17.0 Å². The zero-order valence-corrected chi connectivity index (χ0v) is 12.3. The number of hydrogen-bond acceptors (Lipinski definition) is 5. The van der Waals surface area contributed by atoms with Crippen LogP contribution in [-0.4, -0.2) is 25.3 Å². The van der Waals surface area contributed by atoms with Gasteiger partial charge in [-0.2, -0.15) is 0 Å². The number of thiophene rings is 1. The topological polar surface area (TPSA) is 79.5 Å². The molecule has 0 radical (unpaired) electrons. The van der Waals surface area contributed by atoms with Crippen LogP contribution in [0.1, 0.15) is 23.3 Å². The van der Waals surface area contributed by atoms with Gasteiger partial charge in [-0.1, -0.05) is 6.07 Å². The standard InChI is InChI=1S/C13H15NO4S2/c15-13(10-5-6-18-8-10,12-2-1-7-19-12)9-14-20(16,17)11-3-4-11/h1-2,5-8,11,14-15H,3-4,9H2/t13-/m0/s1. The molecule has 2 N–H and O–H groups in total. The van der Waals surface area contributed by atoms with Crippen molar-refractivity contribution in [3.63, 3.8) is 0 Å². The lowest BCUT2D eigenvalue weighted by Gasteiger charge is -2.26. The Bertz CT molecular complexity index is 623. The molecule has 0 saturated heterocycles. The number of aliphatic hydroxyl groups is 1. The maximum absolute atomic E-state index is 11.9.